The Labute approximate surface area is 96.0 Å². The lowest BCUT2D eigenvalue weighted by Crippen LogP contribution is -2.33. The van der Waals surface area contributed by atoms with E-state index in [1.165, 1.54) is 6.33 Å². The molecule has 0 radical (unpaired) electrons. The third-order valence-corrected chi connectivity index (χ3v) is 2.53. The van der Waals surface area contributed by atoms with Crippen molar-refractivity contribution in [2.75, 3.05) is 6.61 Å². The minimum Gasteiger partial charge on any atom is -0.394 e. The molecule has 9 nitrogen and oxygen atoms in total. The van der Waals surface area contributed by atoms with Crippen molar-refractivity contribution in [2.24, 2.45) is 5.73 Å². The summed E-state index contributed by atoms with van der Waals surface area (Å²) in [5, 5.41) is 39.1. The second-order valence-corrected chi connectivity index (χ2v) is 3.69. The zero-order valence-corrected chi connectivity index (χ0v) is 8.76. The minimum absolute atomic E-state index is 0.00254. The van der Waals surface area contributed by atoms with Crippen LogP contribution in [-0.2, 0) is 4.74 Å². The molecule has 4 atom stereocenters. The molecule has 1 aliphatic heterocycles. The van der Waals surface area contributed by atoms with E-state index >= 15 is 0 Å². The van der Waals surface area contributed by atoms with Crippen molar-refractivity contribution in [3.8, 4) is 0 Å². The highest BCUT2D eigenvalue weighted by Gasteiger charge is 2.43. The molecule has 94 valence electrons. The predicted octanol–water partition coefficient (Wildman–Crippen LogP) is -2.83. The predicted molar refractivity (Wildman–Crippen MR) is 54.0 cm³/mol. The second-order valence-electron chi connectivity index (χ2n) is 3.69. The molecule has 2 heterocycles. The van der Waals surface area contributed by atoms with Crippen LogP contribution in [0, 0.1) is 5.41 Å². The standard InChI is InChI=1S/C8H13N5O4/c9-6(10)7-11-2-13(12-7)8-5(16)4(15)3(1-14)17-8/h2-5,8,14-16H,1H2,(H3,9,10)/t3?,4-,5-,8-/m1/s1. The summed E-state index contributed by atoms with van der Waals surface area (Å²) in [7, 11) is 0. The monoisotopic (exact) mass is 243 g/mol. The first kappa shape index (κ1) is 11.9. The van der Waals surface area contributed by atoms with Gasteiger partial charge in [-0.1, -0.05) is 0 Å². The largest absolute Gasteiger partial charge is 0.394 e. The summed E-state index contributed by atoms with van der Waals surface area (Å²) in [4.78, 5) is 3.74. The lowest BCUT2D eigenvalue weighted by atomic mass is 10.1. The Morgan fingerprint density at radius 3 is 2.71 bits per heavy atom. The van der Waals surface area contributed by atoms with Gasteiger partial charge in [0.05, 0.1) is 6.61 Å². The van der Waals surface area contributed by atoms with E-state index in [4.69, 9.17) is 21.0 Å². The molecule has 2 rings (SSSR count). The fourth-order valence-electron chi connectivity index (χ4n) is 1.62. The van der Waals surface area contributed by atoms with Gasteiger partial charge in [0.15, 0.2) is 12.1 Å². The summed E-state index contributed by atoms with van der Waals surface area (Å²) in [6, 6.07) is 0. The van der Waals surface area contributed by atoms with Crippen LogP contribution in [0.5, 0.6) is 0 Å². The van der Waals surface area contributed by atoms with E-state index in [-0.39, 0.29) is 11.7 Å². The van der Waals surface area contributed by atoms with Crippen molar-refractivity contribution >= 4 is 5.84 Å². The second kappa shape index (κ2) is 4.37. The Kier molecular flexibility index (Phi) is 3.07. The minimum atomic E-state index is -1.23. The molecule has 1 aromatic rings. The van der Waals surface area contributed by atoms with Crippen LogP contribution >= 0.6 is 0 Å². The first-order valence-corrected chi connectivity index (χ1v) is 4.92. The van der Waals surface area contributed by atoms with Crippen molar-refractivity contribution in [2.45, 2.75) is 24.5 Å². The van der Waals surface area contributed by atoms with Crippen LogP contribution < -0.4 is 5.73 Å². The van der Waals surface area contributed by atoms with Gasteiger partial charge in [-0.3, -0.25) is 5.41 Å². The Balaban J connectivity index is 2.19. The van der Waals surface area contributed by atoms with Gasteiger partial charge in [-0.15, -0.1) is 5.10 Å². The number of hydrogen-bond donors (Lipinski definition) is 5. The summed E-state index contributed by atoms with van der Waals surface area (Å²) in [6.07, 6.45) is -3.02. The molecule has 1 saturated heterocycles. The summed E-state index contributed by atoms with van der Waals surface area (Å²) in [5.41, 5.74) is 5.19. The van der Waals surface area contributed by atoms with E-state index in [1.54, 1.807) is 0 Å². The molecule has 17 heavy (non-hydrogen) atoms. The number of amidine groups is 1. The quantitative estimate of drug-likeness (QED) is 0.283. The number of ether oxygens (including phenoxy) is 1. The molecular weight excluding hydrogens is 230 g/mol. The van der Waals surface area contributed by atoms with E-state index in [9.17, 15) is 10.2 Å². The Morgan fingerprint density at radius 2 is 2.24 bits per heavy atom. The van der Waals surface area contributed by atoms with Gasteiger partial charge in [0.25, 0.3) is 0 Å². The number of nitrogens with two attached hydrogens (primary N) is 1. The Morgan fingerprint density at radius 1 is 1.53 bits per heavy atom. The van der Waals surface area contributed by atoms with Gasteiger partial charge in [0.1, 0.15) is 24.6 Å². The van der Waals surface area contributed by atoms with Gasteiger partial charge in [0.2, 0.25) is 5.82 Å². The molecule has 0 aliphatic carbocycles. The highest BCUT2D eigenvalue weighted by atomic mass is 16.6. The molecule has 1 fully saturated rings. The van der Waals surface area contributed by atoms with Gasteiger partial charge in [-0.25, -0.2) is 9.67 Å². The first-order chi connectivity index (χ1) is 8.04. The number of aliphatic hydroxyl groups is 3. The first-order valence-electron chi connectivity index (χ1n) is 4.92. The zero-order chi connectivity index (χ0) is 12.6. The van der Waals surface area contributed by atoms with Crippen LogP contribution in [0.1, 0.15) is 12.1 Å². The maximum absolute atomic E-state index is 9.70. The molecule has 1 aliphatic rings. The van der Waals surface area contributed by atoms with Crippen LogP contribution in [0.3, 0.4) is 0 Å². The van der Waals surface area contributed by atoms with Gasteiger partial charge in [-0.2, -0.15) is 0 Å². The fraction of sp³-hybridized carbons (Fsp3) is 0.625. The number of nitrogens with zero attached hydrogens (tertiary/aromatic N) is 3. The lowest BCUT2D eigenvalue weighted by Gasteiger charge is -2.13. The molecule has 1 aromatic heterocycles. The molecule has 0 amide bonds. The van der Waals surface area contributed by atoms with Crippen LogP contribution in [-0.4, -0.2) is 60.8 Å². The lowest BCUT2D eigenvalue weighted by molar-refractivity contribution is -0.0588. The molecule has 6 N–H and O–H groups in total. The fourth-order valence-corrected chi connectivity index (χ4v) is 1.62. The van der Waals surface area contributed by atoms with E-state index < -0.39 is 31.1 Å². The van der Waals surface area contributed by atoms with Crippen molar-refractivity contribution in [3.63, 3.8) is 0 Å². The van der Waals surface area contributed by atoms with Crippen LogP contribution in [0.25, 0.3) is 0 Å². The molecule has 0 bridgehead atoms. The summed E-state index contributed by atoms with van der Waals surface area (Å²) in [6.45, 7) is -0.414. The van der Waals surface area contributed by atoms with E-state index in [0.29, 0.717) is 0 Å². The van der Waals surface area contributed by atoms with Crippen LogP contribution in [0.15, 0.2) is 6.33 Å². The van der Waals surface area contributed by atoms with Gasteiger partial charge in [-0.05, 0) is 0 Å². The van der Waals surface area contributed by atoms with Crippen LogP contribution in [0.4, 0.5) is 0 Å². The van der Waals surface area contributed by atoms with Crippen molar-refractivity contribution in [1.82, 2.24) is 14.8 Å². The van der Waals surface area contributed by atoms with E-state index in [0.717, 1.165) is 4.68 Å². The number of hydrogen-bond acceptors (Lipinski definition) is 7. The molecule has 9 heteroatoms. The highest BCUT2D eigenvalue weighted by Crippen LogP contribution is 2.28. The maximum atomic E-state index is 9.70. The Hall–Kier alpha value is -1.55. The molecule has 1 unspecified atom stereocenters. The number of rotatable bonds is 3. The summed E-state index contributed by atoms with van der Waals surface area (Å²) >= 11 is 0. The summed E-state index contributed by atoms with van der Waals surface area (Å²) < 4.78 is 6.37. The number of aliphatic hydroxyl groups excluding tert-OH is 3. The topological polar surface area (TPSA) is 150 Å². The number of aromatic nitrogens is 3. The van der Waals surface area contributed by atoms with Gasteiger partial charge >= 0.3 is 0 Å². The van der Waals surface area contributed by atoms with Crippen molar-refractivity contribution < 1.29 is 20.1 Å². The highest BCUT2D eigenvalue weighted by molar-refractivity contribution is 5.90. The summed E-state index contributed by atoms with van der Waals surface area (Å²) in [5.74, 6) is -0.307. The number of nitrogens with one attached hydrogen (secondary N) is 1. The average molecular weight is 243 g/mol. The average Bonchev–Trinajstić information content (AvgIpc) is 2.87. The van der Waals surface area contributed by atoms with Crippen molar-refractivity contribution in [1.29, 1.82) is 5.41 Å². The zero-order valence-electron chi connectivity index (χ0n) is 8.76. The molecule has 0 aromatic carbocycles. The normalized spacial score (nSPS) is 32.9. The third kappa shape index (κ3) is 2.00. The van der Waals surface area contributed by atoms with Crippen LogP contribution in [0.2, 0.25) is 0 Å². The van der Waals surface area contributed by atoms with Gasteiger partial charge < -0.3 is 25.8 Å². The van der Waals surface area contributed by atoms with Gasteiger partial charge in [0, 0.05) is 0 Å². The third-order valence-electron chi connectivity index (χ3n) is 2.53. The molecule has 0 spiro atoms. The van der Waals surface area contributed by atoms with E-state index in [2.05, 4.69) is 10.1 Å². The molecular formula is C8H13N5O4. The Bertz CT molecular complexity index is 422. The molecule has 0 saturated carbocycles. The maximum Gasteiger partial charge on any atom is 0.215 e. The smallest absolute Gasteiger partial charge is 0.215 e. The van der Waals surface area contributed by atoms with Crippen molar-refractivity contribution in [3.05, 3.63) is 12.2 Å². The SMILES string of the molecule is N=C(N)c1ncn([C@@H]2OC(CO)[C@@H](O)[C@H]2O)n1. The van der Waals surface area contributed by atoms with E-state index in [1.807, 2.05) is 0 Å². The number of nitrogen functional groups attached to an aromatic ring is 1.